The zero-order valence-corrected chi connectivity index (χ0v) is 12.3. The van der Waals surface area contributed by atoms with E-state index in [2.05, 4.69) is 23.5 Å². The van der Waals surface area contributed by atoms with E-state index in [1.165, 1.54) is 5.56 Å². The molecule has 3 heterocycles. The van der Waals surface area contributed by atoms with Crippen molar-refractivity contribution in [3.8, 4) is 5.75 Å². The lowest BCUT2D eigenvalue weighted by molar-refractivity contribution is -0.141. The third-order valence-corrected chi connectivity index (χ3v) is 5.03. The first-order valence-corrected chi connectivity index (χ1v) is 8.04. The molecule has 0 aliphatic carbocycles. The lowest BCUT2D eigenvalue weighted by Gasteiger charge is -2.44. The third-order valence-electron chi connectivity index (χ3n) is 5.03. The minimum atomic E-state index is 0.0488. The quantitative estimate of drug-likeness (QED) is 0.908. The molecule has 2 saturated heterocycles. The molecule has 0 aromatic heterocycles. The van der Waals surface area contributed by atoms with Gasteiger partial charge in [-0.05, 0) is 31.7 Å². The SMILES string of the molecule is c1ccc2c(c1)OCC2NC1CCOC2(CCOCC2)C1. The van der Waals surface area contributed by atoms with Crippen LogP contribution in [0.25, 0.3) is 0 Å². The highest BCUT2D eigenvalue weighted by Gasteiger charge is 2.40. The summed E-state index contributed by atoms with van der Waals surface area (Å²) in [4.78, 5) is 0. The van der Waals surface area contributed by atoms with Crippen molar-refractivity contribution in [1.29, 1.82) is 0 Å². The molecule has 1 aromatic carbocycles. The summed E-state index contributed by atoms with van der Waals surface area (Å²) in [7, 11) is 0. The average Bonchev–Trinajstić information content (AvgIpc) is 2.92. The first-order valence-electron chi connectivity index (χ1n) is 8.04. The molecule has 0 amide bonds. The Morgan fingerprint density at radius 1 is 1.10 bits per heavy atom. The second-order valence-electron chi connectivity index (χ2n) is 6.40. The second kappa shape index (κ2) is 5.59. The van der Waals surface area contributed by atoms with E-state index in [0.717, 1.165) is 57.9 Å². The topological polar surface area (TPSA) is 39.7 Å². The van der Waals surface area contributed by atoms with Crippen LogP contribution in [-0.4, -0.2) is 38.1 Å². The standard InChI is InChI=1S/C17H23NO3/c1-2-4-16-14(3-1)15(12-20-16)18-13-5-8-21-17(11-13)6-9-19-10-7-17/h1-4,13,15,18H,5-12H2. The summed E-state index contributed by atoms with van der Waals surface area (Å²) in [6.07, 6.45) is 4.24. The summed E-state index contributed by atoms with van der Waals surface area (Å²) in [6, 6.07) is 9.18. The number of ether oxygens (including phenoxy) is 3. The van der Waals surface area contributed by atoms with E-state index >= 15 is 0 Å². The highest BCUT2D eigenvalue weighted by atomic mass is 16.5. The Bertz CT molecular complexity index is 493. The van der Waals surface area contributed by atoms with E-state index in [4.69, 9.17) is 14.2 Å². The maximum absolute atomic E-state index is 6.12. The van der Waals surface area contributed by atoms with Gasteiger partial charge in [-0.2, -0.15) is 0 Å². The number of hydrogen-bond acceptors (Lipinski definition) is 4. The lowest BCUT2D eigenvalue weighted by atomic mass is 9.83. The first-order chi connectivity index (χ1) is 10.3. The van der Waals surface area contributed by atoms with Gasteiger partial charge in [0.2, 0.25) is 0 Å². The van der Waals surface area contributed by atoms with E-state index in [0.29, 0.717) is 12.1 Å². The molecular weight excluding hydrogens is 266 g/mol. The Morgan fingerprint density at radius 3 is 2.86 bits per heavy atom. The first kappa shape index (κ1) is 13.6. The number of para-hydroxylation sites is 1. The van der Waals surface area contributed by atoms with E-state index in [-0.39, 0.29) is 5.60 Å². The van der Waals surface area contributed by atoms with Crippen molar-refractivity contribution in [2.45, 2.75) is 43.4 Å². The maximum atomic E-state index is 6.12. The minimum Gasteiger partial charge on any atom is -0.491 e. The summed E-state index contributed by atoms with van der Waals surface area (Å²) in [5, 5.41) is 3.80. The van der Waals surface area contributed by atoms with E-state index < -0.39 is 0 Å². The monoisotopic (exact) mass is 289 g/mol. The molecule has 1 spiro atoms. The number of hydrogen-bond donors (Lipinski definition) is 1. The van der Waals surface area contributed by atoms with Crippen molar-refractivity contribution in [3.05, 3.63) is 29.8 Å². The normalized spacial score (nSPS) is 30.9. The molecule has 21 heavy (non-hydrogen) atoms. The van der Waals surface area contributed by atoms with Gasteiger partial charge in [-0.1, -0.05) is 18.2 Å². The number of benzene rings is 1. The van der Waals surface area contributed by atoms with Crippen LogP contribution in [0.5, 0.6) is 5.75 Å². The van der Waals surface area contributed by atoms with Gasteiger partial charge in [-0.15, -0.1) is 0 Å². The zero-order valence-electron chi connectivity index (χ0n) is 12.3. The minimum absolute atomic E-state index is 0.0488. The van der Waals surface area contributed by atoms with Crippen LogP contribution in [0.2, 0.25) is 0 Å². The van der Waals surface area contributed by atoms with Gasteiger partial charge in [-0.25, -0.2) is 0 Å². The zero-order chi connectivity index (χ0) is 14.1. The average molecular weight is 289 g/mol. The smallest absolute Gasteiger partial charge is 0.124 e. The Hall–Kier alpha value is -1.10. The highest BCUT2D eigenvalue weighted by Crippen LogP contribution is 2.37. The predicted octanol–water partition coefficient (Wildman–Crippen LogP) is 2.44. The van der Waals surface area contributed by atoms with E-state index in [9.17, 15) is 0 Å². The maximum Gasteiger partial charge on any atom is 0.124 e. The summed E-state index contributed by atoms with van der Waals surface area (Å²) in [6.45, 7) is 3.27. The fourth-order valence-corrected chi connectivity index (χ4v) is 3.85. The molecule has 4 rings (SSSR count). The molecule has 1 N–H and O–H groups in total. The van der Waals surface area contributed by atoms with Crippen LogP contribution in [0, 0.1) is 0 Å². The molecule has 114 valence electrons. The van der Waals surface area contributed by atoms with Crippen LogP contribution in [0.4, 0.5) is 0 Å². The molecule has 3 aliphatic rings. The Morgan fingerprint density at radius 2 is 1.95 bits per heavy atom. The Labute approximate surface area is 125 Å². The van der Waals surface area contributed by atoms with Crippen molar-refractivity contribution in [2.24, 2.45) is 0 Å². The van der Waals surface area contributed by atoms with Gasteiger partial charge < -0.3 is 19.5 Å². The van der Waals surface area contributed by atoms with Gasteiger partial charge in [-0.3, -0.25) is 0 Å². The van der Waals surface area contributed by atoms with Gasteiger partial charge in [0.25, 0.3) is 0 Å². The van der Waals surface area contributed by atoms with Crippen molar-refractivity contribution in [3.63, 3.8) is 0 Å². The van der Waals surface area contributed by atoms with Crippen LogP contribution in [0.1, 0.15) is 37.3 Å². The molecule has 4 nitrogen and oxygen atoms in total. The van der Waals surface area contributed by atoms with Crippen molar-refractivity contribution in [2.75, 3.05) is 26.4 Å². The Kier molecular flexibility index (Phi) is 3.61. The van der Waals surface area contributed by atoms with E-state index in [1.54, 1.807) is 0 Å². The number of fused-ring (bicyclic) bond motifs is 1. The molecule has 2 unspecified atom stereocenters. The molecule has 3 aliphatic heterocycles. The van der Waals surface area contributed by atoms with Gasteiger partial charge in [0, 0.05) is 31.4 Å². The molecule has 2 fully saturated rings. The third kappa shape index (κ3) is 2.68. The van der Waals surface area contributed by atoms with Gasteiger partial charge in [0.05, 0.1) is 11.6 Å². The van der Waals surface area contributed by atoms with E-state index in [1.807, 2.05) is 6.07 Å². The highest BCUT2D eigenvalue weighted by molar-refractivity contribution is 5.39. The fraction of sp³-hybridized carbons (Fsp3) is 0.647. The van der Waals surface area contributed by atoms with Crippen LogP contribution in [-0.2, 0) is 9.47 Å². The predicted molar refractivity (Wildman–Crippen MR) is 79.6 cm³/mol. The van der Waals surface area contributed by atoms with Crippen molar-refractivity contribution < 1.29 is 14.2 Å². The summed E-state index contributed by atoms with van der Waals surface area (Å²) in [5.41, 5.74) is 1.35. The lowest BCUT2D eigenvalue weighted by Crippen LogP contribution is -2.50. The van der Waals surface area contributed by atoms with Crippen LogP contribution in [0.15, 0.2) is 24.3 Å². The van der Waals surface area contributed by atoms with Crippen LogP contribution in [0.3, 0.4) is 0 Å². The molecule has 0 radical (unpaired) electrons. The summed E-state index contributed by atoms with van der Waals surface area (Å²) in [5.74, 6) is 1.03. The van der Waals surface area contributed by atoms with Crippen LogP contribution >= 0.6 is 0 Å². The summed E-state index contributed by atoms with van der Waals surface area (Å²) < 4.78 is 17.4. The second-order valence-corrected chi connectivity index (χ2v) is 6.40. The van der Waals surface area contributed by atoms with Gasteiger partial charge in [0.15, 0.2) is 0 Å². The number of rotatable bonds is 2. The number of nitrogens with one attached hydrogen (secondary N) is 1. The Balaban J connectivity index is 1.43. The molecule has 2 atom stereocenters. The van der Waals surface area contributed by atoms with Gasteiger partial charge >= 0.3 is 0 Å². The fourth-order valence-electron chi connectivity index (χ4n) is 3.85. The summed E-state index contributed by atoms with van der Waals surface area (Å²) >= 11 is 0. The van der Waals surface area contributed by atoms with Crippen molar-refractivity contribution >= 4 is 0 Å². The van der Waals surface area contributed by atoms with Crippen LogP contribution < -0.4 is 10.1 Å². The molecule has 0 bridgehead atoms. The molecule has 0 saturated carbocycles. The molecule has 4 heteroatoms. The molecular formula is C17H23NO3. The molecule has 1 aromatic rings. The van der Waals surface area contributed by atoms with Gasteiger partial charge in [0.1, 0.15) is 12.4 Å². The van der Waals surface area contributed by atoms with Crippen molar-refractivity contribution in [1.82, 2.24) is 5.32 Å². The largest absolute Gasteiger partial charge is 0.491 e.